The molecule has 4 rings (SSSR count). The molecule has 1 fully saturated rings. The maximum Gasteiger partial charge on any atom is 0.490 e. The van der Waals surface area contributed by atoms with Crippen molar-refractivity contribution in [3.8, 4) is 0 Å². The number of fused-ring (bicyclic) bond motifs is 1. The molecule has 0 aliphatic carbocycles. The minimum atomic E-state index is -5.08. The van der Waals surface area contributed by atoms with Crippen molar-refractivity contribution in [1.29, 1.82) is 0 Å². The predicted octanol–water partition coefficient (Wildman–Crippen LogP) is 4.41. The molecule has 35 heavy (non-hydrogen) atoms. The smallest absolute Gasteiger partial charge is 0.475 e. The van der Waals surface area contributed by atoms with Gasteiger partial charge in [-0.05, 0) is 36.0 Å². The molecule has 7 nitrogen and oxygen atoms in total. The number of carbonyl (C=O) groups excluding carboxylic acids is 2. The zero-order valence-corrected chi connectivity index (χ0v) is 19.1. The molecule has 186 valence electrons. The summed E-state index contributed by atoms with van der Waals surface area (Å²) < 4.78 is 33.3. The van der Waals surface area contributed by atoms with Gasteiger partial charge in [0.15, 0.2) is 0 Å². The van der Waals surface area contributed by atoms with Crippen LogP contribution in [0.15, 0.2) is 54.7 Å². The van der Waals surface area contributed by atoms with Crippen LogP contribution in [-0.2, 0) is 11.3 Å². The Hall–Kier alpha value is -3.66. The van der Waals surface area contributed by atoms with Crippen molar-refractivity contribution in [1.82, 2.24) is 9.47 Å². The Balaban J connectivity index is 0.000000429. The van der Waals surface area contributed by atoms with Gasteiger partial charge in [0.1, 0.15) is 0 Å². The first kappa shape index (κ1) is 26.0. The molecule has 2 heterocycles. The van der Waals surface area contributed by atoms with Gasteiger partial charge >= 0.3 is 12.1 Å². The molecule has 3 N–H and O–H groups in total. The van der Waals surface area contributed by atoms with Gasteiger partial charge in [0.2, 0.25) is 5.91 Å². The number of benzene rings is 2. The number of halogens is 3. The largest absolute Gasteiger partial charge is 0.490 e. The third kappa shape index (κ3) is 6.07. The number of hydrogen-bond acceptors (Lipinski definition) is 4. The number of carbonyl (C=O) groups is 3. The first-order valence-electron chi connectivity index (χ1n) is 11.0. The summed E-state index contributed by atoms with van der Waals surface area (Å²) in [6.07, 6.45) is -1.53. The van der Waals surface area contributed by atoms with Crippen molar-refractivity contribution in [3.63, 3.8) is 0 Å². The summed E-state index contributed by atoms with van der Waals surface area (Å²) in [4.78, 5) is 35.9. The van der Waals surface area contributed by atoms with Gasteiger partial charge in [0.25, 0.3) is 5.91 Å². The summed E-state index contributed by atoms with van der Waals surface area (Å²) in [5.41, 5.74) is 9.61. The number of carboxylic acid groups (broad SMARTS) is 1. The molecule has 1 aliphatic rings. The zero-order valence-electron chi connectivity index (χ0n) is 19.1. The molecule has 1 aromatic heterocycles. The second kappa shape index (κ2) is 10.7. The van der Waals surface area contributed by atoms with E-state index < -0.39 is 12.1 Å². The summed E-state index contributed by atoms with van der Waals surface area (Å²) in [6, 6.07) is 16.0. The summed E-state index contributed by atoms with van der Waals surface area (Å²) in [5.74, 6) is -2.39. The number of carboxylic acids is 1. The van der Waals surface area contributed by atoms with E-state index in [0.717, 1.165) is 42.4 Å². The SMILES string of the molecule is CC(=O)n1cc(C(=O)N2CCC(c3cccc(CN)c3)CC2)c2ccccc21.O=C(O)C(F)(F)F. The molecular weight excluding hydrogens is 463 g/mol. The Kier molecular flexibility index (Phi) is 7.96. The lowest BCUT2D eigenvalue weighted by atomic mass is 9.88. The first-order chi connectivity index (χ1) is 16.5. The summed E-state index contributed by atoms with van der Waals surface area (Å²) in [7, 11) is 0. The topological polar surface area (TPSA) is 106 Å². The highest BCUT2D eigenvalue weighted by Crippen LogP contribution is 2.30. The Morgan fingerprint density at radius 1 is 1.06 bits per heavy atom. The van der Waals surface area contributed by atoms with Crippen molar-refractivity contribution < 1.29 is 32.7 Å². The van der Waals surface area contributed by atoms with E-state index in [0.29, 0.717) is 18.0 Å². The van der Waals surface area contributed by atoms with Crippen molar-refractivity contribution in [3.05, 3.63) is 71.4 Å². The quantitative estimate of drug-likeness (QED) is 0.567. The Morgan fingerprint density at radius 2 is 1.69 bits per heavy atom. The molecule has 0 atom stereocenters. The van der Waals surface area contributed by atoms with Crippen LogP contribution in [0.25, 0.3) is 10.9 Å². The number of rotatable bonds is 3. The zero-order chi connectivity index (χ0) is 25.8. The molecule has 0 bridgehead atoms. The summed E-state index contributed by atoms with van der Waals surface area (Å²) in [5, 5.41) is 7.96. The summed E-state index contributed by atoms with van der Waals surface area (Å²) in [6.45, 7) is 3.50. The van der Waals surface area contributed by atoms with E-state index in [4.69, 9.17) is 15.6 Å². The van der Waals surface area contributed by atoms with Crippen molar-refractivity contribution >= 4 is 28.7 Å². The molecule has 0 unspecified atom stereocenters. The minimum Gasteiger partial charge on any atom is -0.475 e. The molecule has 1 amide bonds. The number of hydrogen-bond donors (Lipinski definition) is 2. The van der Waals surface area contributed by atoms with Gasteiger partial charge in [-0.1, -0.05) is 42.5 Å². The maximum atomic E-state index is 13.2. The third-order valence-corrected chi connectivity index (χ3v) is 5.96. The fraction of sp³-hybridized carbons (Fsp3) is 0.320. The molecule has 2 aromatic carbocycles. The molecule has 10 heteroatoms. The fourth-order valence-electron chi connectivity index (χ4n) is 4.17. The second-order valence-corrected chi connectivity index (χ2v) is 8.27. The second-order valence-electron chi connectivity index (χ2n) is 8.27. The van der Waals surface area contributed by atoms with Crippen LogP contribution >= 0.6 is 0 Å². The molecule has 0 spiro atoms. The van der Waals surface area contributed by atoms with E-state index in [2.05, 4.69) is 18.2 Å². The van der Waals surface area contributed by atoms with Crippen LogP contribution in [0.5, 0.6) is 0 Å². The lowest BCUT2D eigenvalue weighted by Crippen LogP contribution is -2.37. The van der Waals surface area contributed by atoms with Gasteiger partial charge in [0, 0.05) is 38.1 Å². The van der Waals surface area contributed by atoms with Crippen molar-refractivity contribution in [2.75, 3.05) is 13.1 Å². The number of alkyl halides is 3. The van der Waals surface area contributed by atoms with Crippen LogP contribution in [0.3, 0.4) is 0 Å². The van der Waals surface area contributed by atoms with Gasteiger partial charge in [-0.3, -0.25) is 14.2 Å². The number of likely N-dealkylation sites (tertiary alicyclic amines) is 1. The lowest BCUT2D eigenvalue weighted by molar-refractivity contribution is -0.192. The van der Waals surface area contributed by atoms with E-state index in [1.165, 1.54) is 12.5 Å². The van der Waals surface area contributed by atoms with Crippen LogP contribution in [-0.4, -0.2) is 51.6 Å². The monoisotopic (exact) mass is 489 g/mol. The number of amides is 1. The van der Waals surface area contributed by atoms with Crippen LogP contribution < -0.4 is 5.73 Å². The highest BCUT2D eigenvalue weighted by atomic mass is 19.4. The molecule has 1 saturated heterocycles. The third-order valence-electron chi connectivity index (χ3n) is 5.96. The average molecular weight is 489 g/mol. The van der Waals surface area contributed by atoms with E-state index in [9.17, 15) is 22.8 Å². The highest BCUT2D eigenvalue weighted by molar-refractivity contribution is 6.09. The van der Waals surface area contributed by atoms with E-state index in [-0.39, 0.29) is 11.8 Å². The Bertz CT molecular complexity index is 1230. The summed E-state index contributed by atoms with van der Waals surface area (Å²) >= 11 is 0. The van der Waals surface area contributed by atoms with Crippen LogP contribution in [0.1, 0.15) is 52.0 Å². The predicted molar refractivity (Wildman–Crippen MR) is 124 cm³/mol. The normalized spacial score (nSPS) is 14.4. The minimum absolute atomic E-state index is 0.00496. The van der Waals surface area contributed by atoms with Crippen LogP contribution in [0.2, 0.25) is 0 Å². The van der Waals surface area contributed by atoms with E-state index >= 15 is 0 Å². The number of nitrogens with two attached hydrogens (primary N) is 1. The molecular formula is C25H26F3N3O4. The Morgan fingerprint density at radius 3 is 2.26 bits per heavy atom. The Labute approximate surface area is 199 Å². The number of aliphatic carboxylic acids is 1. The van der Waals surface area contributed by atoms with Gasteiger partial charge in [-0.2, -0.15) is 13.2 Å². The van der Waals surface area contributed by atoms with Gasteiger partial charge < -0.3 is 15.7 Å². The fourth-order valence-corrected chi connectivity index (χ4v) is 4.17. The van der Waals surface area contributed by atoms with Gasteiger partial charge in [-0.15, -0.1) is 0 Å². The maximum absolute atomic E-state index is 13.2. The molecule has 3 aromatic rings. The molecule has 1 aliphatic heterocycles. The first-order valence-corrected chi connectivity index (χ1v) is 11.0. The van der Waals surface area contributed by atoms with E-state index in [1.54, 1.807) is 10.8 Å². The van der Waals surface area contributed by atoms with E-state index in [1.807, 2.05) is 35.2 Å². The molecule has 0 radical (unpaired) electrons. The van der Waals surface area contributed by atoms with Crippen molar-refractivity contribution in [2.24, 2.45) is 5.73 Å². The number of nitrogens with zero attached hydrogens (tertiary/aromatic N) is 2. The molecule has 0 saturated carbocycles. The highest BCUT2D eigenvalue weighted by Gasteiger charge is 2.38. The van der Waals surface area contributed by atoms with Gasteiger partial charge in [-0.25, -0.2) is 4.79 Å². The van der Waals surface area contributed by atoms with Crippen LogP contribution in [0, 0.1) is 0 Å². The van der Waals surface area contributed by atoms with Gasteiger partial charge in [0.05, 0.1) is 11.1 Å². The number of aromatic nitrogens is 1. The number of piperidine rings is 1. The van der Waals surface area contributed by atoms with Crippen LogP contribution in [0.4, 0.5) is 13.2 Å². The lowest BCUT2D eigenvalue weighted by Gasteiger charge is -2.32. The average Bonchev–Trinajstić information content (AvgIpc) is 3.24. The number of para-hydroxylation sites is 1. The standard InChI is InChI=1S/C23H25N3O2.C2HF3O2/c1-16(27)26-15-21(20-7-2-3-8-22(20)26)23(28)25-11-9-18(10-12-25)19-6-4-5-17(13-19)14-24;3-2(4,5)1(6)7/h2-8,13,15,18H,9-12,14,24H2,1H3;(H,6,7). The van der Waals surface area contributed by atoms with Crippen molar-refractivity contribution in [2.45, 2.75) is 38.4 Å².